The third-order valence-corrected chi connectivity index (χ3v) is 2.72. The Kier molecular flexibility index (Phi) is 4.16. The Bertz CT molecular complexity index is 146. The Morgan fingerprint density at radius 1 is 1.46 bits per heavy atom. The lowest BCUT2D eigenvalue weighted by molar-refractivity contribution is 0.0254. The molecule has 0 bridgehead atoms. The smallest absolute Gasteiger partial charge is 0.0546 e. The average Bonchev–Trinajstić information content (AvgIpc) is 2.01. The van der Waals surface area contributed by atoms with Gasteiger partial charge in [0.25, 0.3) is 0 Å². The van der Waals surface area contributed by atoms with Gasteiger partial charge >= 0.3 is 0 Å². The lowest BCUT2D eigenvalue weighted by atomic mass is 9.82. The first-order valence-electron chi connectivity index (χ1n) is 5.09. The predicted octanol–water partition coefficient (Wildman–Crippen LogP) is 0.317. The molecule has 0 spiro atoms. The molecule has 2 N–H and O–H groups in total. The molecular formula is C10H21NO2. The zero-order valence-corrected chi connectivity index (χ0v) is 8.61. The third-order valence-electron chi connectivity index (χ3n) is 2.72. The SMILES string of the molecule is CC(CO)CN(C)CC1CC(O)C1. The number of hydrogen-bond donors (Lipinski definition) is 2. The van der Waals surface area contributed by atoms with Gasteiger partial charge in [0.05, 0.1) is 6.10 Å². The van der Waals surface area contributed by atoms with Crippen LogP contribution in [0.1, 0.15) is 19.8 Å². The molecule has 1 rings (SSSR count). The van der Waals surface area contributed by atoms with Crippen LogP contribution in [0.25, 0.3) is 0 Å². The van der Waals surface area contributed by atoms with Crippen molar-refractivity contribution in [2.24, 2.45) is 11.8 Å². The molecule has 3 nitrogen and oxygen atoms in total. The summed E-state index contributed by atoms with van der Waals surface area (Å²) in [4.78, 5) is 2.25. The largest absolute Gasteiger partial charge is 0.396 e. The first kappa shape index (κ1) is 11.0. The van der Waals surface area contributed by atoms with Crippen LogP contribution in [0, 0.1) is 11.8 Å². The fourth-order valence-electron chi connectivity index (χ4n) is 1.95. The summed E-state index contributed by atoms with van der Waals surface area (Å²) in [7, 11) is 2.08. The first-order valence-corrected chi connectivity index (χ1v) is 5.09. The van der Waals surface area contributed by atoms with Crippen molar-refractivity contribution in [3.05, 3.63) is 0 Å². The molecule has 3 heteroatoms. The van der Waals surface area contributed by atoms with Crippen LogP contribution < -0.4 is 0 Å². The van der Waals surface area contributed by atoms with Crippen molar-refractivity contribution in [1.29, 1.82) is 0 Å². The van der Waals surface area contributed by atoms with Crippen LogP contribution in [0.4, 0.5) is 0 Å². The summed E-state index contributed by atoms with van der Waals surface area (Å²) in [6.45, 7) is 4.31. The molecular weight excluding hydrogens is 166 g/mol. The van der Waals surface area contributed by atoms with Crippen LogP contribution in [0.2, 0.25) is 0 Å². The van der Waals surface area contributed by atoms with Gasteiger partial charge in [-0.3, -0.25) is 0 Å². The van der Waals surface area contributed by atoms with E-state index in [-0.39, 0.29) is 12.7 Å². The highest BCUT2D eigenvalue weighted by Crippen LogP contribution is 2.27. The third kappa shape index (κ3) is 3.63. The van der Waals surface area contributed by atoms with Gasteiger partial charge in [-0.1, -0.05) is 6.92 Å². The maximum absolute atomic E-state index is 9.10. The van der Waals surface area contributed by atoms with E-state index in [9.17, 15) is 0 Å². The summed E-state index contributed by atoms with van der Waals surface area (Å²) in [5.74, 6) is 1.03. The lowest BCUT2D eigenvalue weighted by Gasteiger charge is -2.35. The van der Waals surface area contributed by atoms with Crippen LogP contribution in [-0.2, 0) is 0 Å². The number of aliphatic hydroxyl groups is 2. The van der Waals surface area contributed by atoms with Crippen molar-refractivity contribution in [1.82, 2.24) is 4.90 Å². The lowest BCUT2D eigenvalue weighted by Crippen LogP contribution is -2.38. The minimum atomic E-state index is -0.0475. The van der Waals surface area contributed by atoms with Crippen molar-refractivity contribution in [2.45, 2.75) is 25.9 Å². The minimum absolute atomic E-state index is 0.0475. The van der Waals surface area contributed by atoms with Crippen molar-refractivity contribution < 1.29 is 10.2 Å². The van der Waals surface area contributed by atoms with Gasteiger partial charge in [-0.25, -0.2) is 0 Å². The Hall–Kier alpha value is -0.120. The standard InChI is InChI=1S/C10H21NO2/c1-8(7-12)5-11(2)6-9-3-10(13)4-9/h8-10,12-13H,3-7H2,1-2H3. The van der Waals surface area contributed by atoms with E-state index in [0.717, 1.165) is 25.9 Å². The average molecular weight is 187 g/mol. The fraction of sp³-hybridized carbons (Fsp3) is 1.00. The topological polar surface area (TPSA) is 43.7 Å². The van der Waals surface area contributed by atoms with Crippen LogP contribution in [0.3, 0.4) is 0 Å². The van der Waals surface area contributed by atoms with E-state index in [1.165, 1.54) is 0 Å². The van der Waals surface area contributed by atoms with E-state index < -0.39 is 0 Å². The molecule has 78 valence electrons. The second-order valence-electron chi connectivity index (χ2n) is 4.50. The Morgan fingerprint density at radius 2 is 2.08 bits per heavy atom. The molecule has 1 aliphatic carbocycles. The molecule has 0 saturated heterocycles. The number of hydrogen-bond acceptors (Lipinski definition) is 3. The zero-order valence-electron chi connectivity index (χ0n) is 8.61. The summed E-state index contributed by atoms with van der Waals surface area (Å²) < 4.78 is 0. The van der Waals surface area contributed by atoms with E-state index in [1.807, 2.05) is 6.92 Å². The summed E-state index contributed by atoms with van der Waals surface area (Å²) in [5, 5.41) is 18.0. The van der Waals surface area contributed by atoms with Crippen LogP contribution in [0.15, 0.2) is 0 Å². The normalized spacial score (nSPS) is 30.2. The molecule has 0 amide bonds. The van der Waals surface area contributed by atoms with E-state index in [2.05, 4.69) is 11.9 Å². The molecule has 0 aromatic carbocycles. The zero-order chi connectivity index (χ0) is 9.84. The van der Waals surface area contributed by atoms with Gasteiger partial charge in [0, 0.05) is 19.7 Å². The van der Waals surface area contributed by atoms with Gasteiger partial charge in [-0.2, -0.15) is 0 Å². The van der Waals surface area contributed by atoms with E-state index in [1.54, 1.807) is 0 Å². The number of rotatable bonds is 5. The van der Waals surface area contributed by atoms with Gasteiger partial charge in [0.1, 0.15) is 0 Å². The molecule has 13 heavy (non-hydrogen) atoms. The Labute approximate surface area is 80.4 Å². The molecule has 1 fully saturated rings. The van der Waals surface area contributed by atoms with Gasteiger partial charge in [-0.05, 0) is 31.7 Å². The van der Waals surface area contributed by atoms with Gasteiger partial charge in [0.2, 0.25) is 0 Å². The number of aliphatic hydroxyl groups excluding tert-OH is 2. The highest BCUT2D eigenvalue weighted by atomic mass is 16.3. The quantitative estimate of drug-likeness (QED) is 0.651. The maximum Gasteiger partial charge on any atom is 0.0546 e. The van der Waals surface area contributed by atoms with Gasteiger partial charge < -0.3 is 15.1 Å². The molecule has 1 aliphatic rings. The van der Waals surface area contributed by atoms with Crippen molar-refractivity contribution in [2.75, 3.05) is 26.7 Å². The Morgan fingerprint density at radius 3 is 2.54 bits per heavy atom. The van der Waals surface area contributed by atoms with Crippen LogP contribution >= 0.6 is 0 Å². The van der Waals surface area contributed by atoms with Crippen molar-refractivity contribution >= 4 is 0 Å². The highest BCUT2D eigenvalue weighted by molar-refractivity contribution is 4.80. The first-order chi connectivity index (χ1) is 6.11. The molecule has 1 saturated carbocycles. The molecule has 1 atom stereocenters. The summed E-state index contributed by atoms with van der Waals surface area (Å²) in [6, 6.07) is 0. The maximum atomic E-state index is 9.10. The minimum Gasteiger partial charge on any atom is -0.396 e. The summed E-state index contributed by atoms with van der Waals surface area (Å²) in [5.41, 5.74) is 0. The second-order valence-corrected chi connectivity index (χ2v) is 4.50. The molecule has 0 aromatic heterocycles. The Balaban J connectivity index is 2.07. The highest BCUT2D eigenvalue weighted by Gasteiger charge is 2.27. The van der Waals surface area contributed by atoms with E-state index >= 15 is 0 Å². The number of nitrogens with zero attached hydrogens (tertiary/aromatic N) is 1. The van der Waals surface area contributed by atoms with Gasteiger partial charge in [0.15, 0.2) is 0 Å². The van der Waals surface area contributed by atoms with Crippen molar-refractivity contribution in [3.8, 4) is 0 Å². The summed E-state index contributed by atoms with van der Waals surface area (Å²) >= 11 is 0. The van der Waals surface area contributed by atoms with Crippen LogP contribution in [-0.4, -0.2) is 48.0 Å². The van der Waals surface area contributed by atoms with E-state index in [4.69, 9.17) is 10.2 Å². The van der Waals surface area contributed by atoms with Gasteiger partial charge in [-0.15, -0.1) is 0 Å². The molecule has 0 radical (unpaired) electrons. The molecule has 0 aromatic rings. The molecule has 0 heterocycles. The second kappa shape index (κ2) is 4.94. The van der Waals surface area contributed by atoms with Crippen LogP contribution in [0.5, 0.6) is 0 Å². The molecule has 0 aliphatic heterocycles. The molecule has 1 unspecified atom stereocenters. The fourth-order valence-corrected chi connectivity index (χ4v) is 1.95. The van der Waals surface area contributed by atoms with Crippen molar-refractivity contribution in [3.63, 3.8) is 0 Å². The predicted molar refractivity (Wildman–Crippen MR) is 52.5 cm³/mol. The monoisotopic (exact) mass is 187 g/mol. The van der Waals surface area contributed by atoms with E-state index in [0.29, 0.717) is 11.8 Å². The summed E-state index contributed by atoms with van der Waals surface area (Å²) in [6.07, 6.45) is 1.86.